The minimum Gasteiger partial charge on any atom is -0.481 e. The summed E-state index contributed by atoms with van der Waals surface area (Å²) in [5.74, 6) is 1.10. The smallest absolute Gasteiger partial charge is 0.481 e. The van der Waals surface area contributed by atoms with Gasteiger partial charge < -0.3 is 14.4 Å². The summed E-state index contributed by atoms with van der Waals surface area (Å²) < 4.78 is 11.5. The Balaban J connectivity index is 2.35. The summed E-state index contributed by atoms with van der Waals surface area (Å²) in [6.45, 7) is 8.02. The van der Waals surface area contributed by atoms with Gasteiger partial charge in [0.05, 0.1) is 11.2 Å². The van der Waals surface area contributed by atoms with Crippen molar-refractivity contribution in [2.45, 2.75) is 58.2 Å². The molecule has 1 saturated heterocycles. The molecule has 0 spiro atoms. The number of carbonyl (C=O) groups is 1. The van der Waals surface area contributed by atoms with Crippen LogP contribution in [0.2, 0.25) is 0 Å². The van der Waals surface area contributed by atoms with Crippen molar-refractivity contribution in [3.05, 3.63) is 12.1 Å². The Hall–Kier alpha value is -0.805. The van der Waals surface area contributed by atoms with Gasteiger partial charge in [0.25, 0.3) is 0 Å². The average Bonchev–Trinajstić information content (AvgIpc) is 2.34. The van der Waals surface area contributed by atoms with Gasteiger partial charge >= 0.3 is 13.1 Å². The molecule has 0 aromatic rings. The molecule has 0 aromatic carbocycles. The van der Waals surface area contributed by atoms with E-state index in [0.717, 1.165) is 6.42 Å². The highest BCUT2D eigenvalue weighted by Crippen LogP contribution is 2.36. The lowest BCUT2D eigenvalue weighted by Gasteiger charge is -2.32. The molecule has 1 heterocycles. The second-order valence-corrected chi connectivity index (χ2v) is 5.34. The van der Waals surface area contributed by atoms with E-state index in [-0.39, 0.29) is 24.7 Å². The third-order valence-corrected chi connectivity index (χ3v) is 3.33. The van der Waals surface area contributed by atoms with Crippen LogP contribution in [0.4, 0.5) is 0 Å². The van der Waals surface area contributed by atoms with E-state index < -0.39 is 5.97 Å². The Morgan fingerprint density at radius 2 is 1.76 bits per heavy atom. The number of hydrogen-bond donors (Lipinski definition) is 1. The molecule has 5 heteroatoms. The first kappa shape index (κ1) is 14.3. The van der Waals surface area contributed by atoms with Crippen LogP contribution in [-0.4, -0.2) is 29.4 Å². The maximum absolute atomic E-state index is 10.3. The van der Waals surface area contributed by atoms with E-state index in [0.29, 0.717) is 6.42 Å². The predicted molar refractivity (Wildman–Crippen MR) is 66.7 cm³/mol. The molecule has 17 heavy (non-hydrogen) atoms. The summed E-state index contributed by atoms with van der Waals surface area (Å²) in [6, 6.07) is 0. The lowest BCUT2D eigenvalue weighted by Crippen LogP contribution is -2.41. The van der Waals surface area contributed by atoms with Gasteiger partial charge in [-0.05, 0) is 40.5 Å². The third kappa shape index (κ3) is 3.86. The molecule has 1 aliphatic rings. The van der Waals surface area contributed by atoms with Crippen LogP contribution in [0.25, 0.3) is 0 Å². The van der Waals surface area contributed by atoms with E-state index in [1.807, 2.05) is 39.7 Å². The molecular weight excluding hydrogens is 219 g/mol. The zero-order chi connectivity index (χ0) is 13.1. The summed E-state index contributed by atoms with van der Waals surface area (Å²) in [7, 11) is -0.329. The highest BCUT2D eigenvalue weighted by atomic mass is 16.7. The largest absolute Gasteiger partial charge is 0.486 e. The summed E-state index contributed by atoms with van der Waals surface area (Å²) in [6.07, 6.45) is 3.50. The lowest BCUT2D eigenvalue weighted by molar-refractivity contribution is -0.137. The monoisotopic (exact) mass is 240 g/mol. The van der Waals surface area contributed by atoms with Gasteiger partial charge in [-0.15, -0.1) is 0 Å². The van der Waals surface area contributed by atoms with Gasteiger partial charge in [0.2, 0.25) is 0 Å². The molecule has 0 bridgehead atoms. The Labute approximate surface area is 103 Å². The highest BCUT2D eigenvalue weighted by molar-refractivity contribution is 6.51. The molecule has 4 nitrogen and oxygen atoms in total. The normalized spacial score (nSPS) is 22.2. The molecule has 0 unspecified atom stereocenters. The Morgan fingerprint density at radius 3 is 2.24 bits per heavy atom. The molecule has 1 aliphatic heterocycles. The SMILES string of the molecule is CC1(C)OB(/C=C/CCCC(=O)O)OC1(C)C. The van der Waals surface area contributed by atoms with Crippen LogP contribution in [-0.2, 0) is 14.1 Å². The summed E-state index contributed by atoms with van der Waals surface area (Å²) in [5.41, 5.74) is -0.633. The highest BCUT2D eigenvalue weighted by Gasteiger charge is 2.49. The molecule has 1 N–H and O–H groups in total. The van der Waals surface area contributed by atoms with Crippen molar-refractivity contribution in [2.24, 2.45) is 0 Å². The van der Waals surface area contributed by atoms with Crippen LogP contribution in [0.3, 0.4) is 0 Å². The average molecular weight is 240 g/mol. The molecular formula is C12H21BO4. The standard InChI is InChI=1S/C12H21BO4/c1-11(2)12(3,4)17-13(16-11)9-7-5-6-8-10(14)15/h7,9H,5-6,8H2,1-4H3,(H,14,15)/b9-7+. The van der Waals surface area contributed by atoms with Crippen molar-refractivity contribution in [2.75, 3.05) is 0 Å². The minimum atomic E-state index is -0.756. The summed E-state index contributed by atoms with van der Waals surface area (Å²) in [5, 5.41) is 8.49. The second kappa shape index (κ2) is 5.23. The van der Waals surface area contributed by atoms with E-state index in [1.54, 1.807) is 0 Å². The molecule has 1 rings (SSSR count). The summed E-state index contributed by atoms with van der Waals surface area (Å²) >= 11 is 0. The summed E-state index contributed by atoms with van der Waals surface area (Å²) in [4.78, 5) is 10.3. The van der Waals surface area contributed by atoms with Crippen LogP contribution in [0.1, 0.15) is 47.0 Å². The van der Waals surface area contributed by atoms with Gasteiger partial charge in [0, 0.05) is 6.42 Å². The number of unbranched alkanes of at least 4 members (excludes halogenated alkanes) is 1. The van der Waals surface area contributed by atoms with Crippen LogP contribution in [0, 0.1) is 0 Å². The van der Waals surface area contributed by atoms with Crippen molar-refractivity contribution in [1.82, 2.24) is 0 Å². The number of rotatable bonds is 5. The van der Waals surface area contributed by atoms with E-state index in [2.05, 4.69) is 0 Å². The lowest BCUT2D eigenvalue weighted by atomic mass is 9.89. The minimum absolute atomic E-state index is 0.202. The van der Waals surface area contributed by atoms with Crippen LogP contribution in [0.15, 0.2) is 12.1 Å². The molecule has 1 fully saturated rings. The number of hydrogen-bond acceptors (Lipinski definition) is 3. The van der Waals surface area contributed by atoms with Crippen molar-refractivity contribution < 1.29 is 19.2 Å². The Morgan fingerprint density at radius 1 is 1.24 bits per heavy atom. The maximum atomic E-state index is 10.3. The van der Waals surface area contributed by atoms with Gasteiger partial charge in [-0.2, -0.15) is 0 Å². The van der Waals surface area contributed by atoms with Crippen LogP contribution >= 0.6 is 0 Å². The van der Waals surface area contributed by atoms with Crippen molar-refractivity contribution in [3.8, 4) is 0 Å². The number of carboxylic acid groups (broad SMARTS) is 1. The van der Waals surface area contributed by atoms with Gasteiger partial charge in [0.1, 0.15) is 0 Å². The molecule has 0 saturated carbocycles. The zero-order valence-corrected chi connectivity index (χ0v) is 11.0. The molecule has 96 valence electrons. The Bertz CT molecular complexity index is 294. The van der Waals surface area contributed by atoms with Gasteiger partial charge in [-0.3, -0.25) is 4.79 Å². The first-order valence-electron chi connectivity index (χ1n) is 5.99. The second-order valence-electron chi connectivity index (χ2n) is 5.34. The fourth-order valence-electron chi connectivity index (χ4n) is 1.55. The quantitative estimate of drug-likeness (QED) is 0.592. The van der Waals surface area contributed by atoms with E-state index in [4.69, 9.17) is 14.4 Å². The first-order chi connectivity index (χ1) is 7.74. The number of allylic oxidation sites excluding steroid dienone is 1. The van der Waals surface area contributed by atoms with Gasteiger partial charge in [-0.25, -0.2) is 0 Å². The van der Waals surface area contributed by atoms with Crippen molar-refractivity contribution in [1.29, 1.82) is 0 Å². The molecule has 0 aliphatic carbocycles. The maximum Gasteiger partial charge on any atom is 0.486 e. The van der Waals surface area contributed by atoms with Crippen molar-refractivity contribution in [3.63, 3.8) is 0 Å². The molecule has 0 aromatic heterocycles. The third-order valence-electron chi connectivity index (χ3n) is 3.33. The molecule has 0 amide bonds. The van der Waals surface area contributed by atoms with Gasteiger partial charge in [0.15, 0.2) is 0 Å². The van der Waals surface area contributed by atoms with Gasteiger partial charge in [-0.1, -0.05) is 12.1 Å². The van der Waals surface area contributed by atoms with E-state index in [9.17, 15) is 4.79 Å². The topological polar surface area (TPSA) is 55.8 Å². The van der Waals surface area contributed by atoms with Crippen LogP contribution < -0.4 is 0 Å². The van der Waals surface area contributed by atoms with Crippen LogP contribution in [0.5, 0.6) is 0 Å². The van der Waals surface area contributed by atoms with Crippen molar-refractivity contribution >= 4 is 13.1 Å². The first-order valence-corrected chi connectivity index (χ1v) is 5.99. The molecule has 0 radical (unpaired) electrons. The number of carboxylic acids is 1. The Kier molecular flexibility index (Phi) is 4.39. The fourth-order valence-corrected chi connectivity index (χ4v) is 1.55. The number of aliphatic carboxylic acids is 1. The predicted octanol–water partition coefficient (Wildman–Crippen LogP) is 2.43. The zero-order valence-electron chi connectivity index (χ0n) is 11.0. The fraction of sp³-hybridized carbons (Fsp3) is 0.750. The van der Waals surface area contributed by atoms with E-state index in [1.165, 1.54) is 0 Å². The molecule has 0 atom stereocenters. The van der Waals surface area contributed by atoms with E-state index >= 15 is 0 Å².